The van der Waals surface area contributed by atoms with Gasteiger partial charge in [-0.1, -0.05) is 19.3 Å². The number of halogens is 3. The van der Waals surface area contributed by atoms with E-state index in [1.165, 1.54) is 13.3 Å². The summed E-state index contributed by atoms with van der Waals surface area (Å²) in [6, 6.07) is 0.480. The Bertz CT molecular complexity index is 493. The highest BCUT2D eigenvalue weighted by Gasteiger charge is 2.21. The number of nitrogens with one attached hydrogen (secondary N) is 2. The third-order valence-electron chi connectivity index (χ3n) is 3.71. The zero-order valence-corrected chi connectivity index (χ0v) is 11.9. The summed E-state index contributed by atoms with van der Waals surface area (Å²) in [4.78, 5) is 12.0. The lowest BCUT2D eigenvalue weighted by atomic mass is 9.95. The molecule has 0 bridgehead atoms. The fourth-order valence-electron chi connectivity index (χ4n) is 2.54. The zero-order chi connectivity index (χ0) is 15.4. The molecule has 1 unspecified atom stereocenters. The molecular formula is C15H19F3N2O. The largest absolute Gasteiger partial charge is 0.369 e. The van der Waals surface area contributed by atoms with Crippen molar-refractivity contribution < 1.29 is 18.0 Å². The second-order valence-electron chi connectivity index (χ2n) is 5.45. The van der Waals surface area contributed by atoms with Crippen molar-refractivity contribution >= 4 is 11.6 Å². The minimum atomic E-state index is -1.05. The van der Waals surface area contributed by atoms with Gasteiger partial charge in [-0.3, -0.25) is 4.79 Å². The molecule has 1 atom stereocenters. The SMILES string of the molecule is CC(Nc1c(F)cc(F)cc1F)C(=O)NC1CCCCC1. The van der Waals surface area contributed by atoms with Crippen LogP contribution in [0.25, 0.3) is 0 Å². The summed E-state index contributed by atoms with van der Waals surface area (Å²) in [5, 5.41) is 5.34. The highest BCUT2D eigenvalue weighted by Crippen LogP contribution is 2.21. The zero-order valence-electron chi connectivity index (χ0n) is 11.9. The number of carbonyl (C=O) groups is 1. The number of anilines is 1. The number of amides is 1. The Morgan fingerprint density at radius 2 is 1.71 bits per heavy atom. The van der Waals surface area contributed by atoms with E-state index >= 15 is 0 Å². The Morgan fingerprint density at radius 1 is 1.14 bits per heavy atom. The van der Waals surface area contributed by atoms with E-state index in [9.17, 15) is 18.0 Å². The monoisotopic (exact) mass is 300 g/mol. The Labute approximate surface area is 121 Å². The van der Waals surface area contributed by atoms with Crippen LogP contribution in [-0.2, 0) is 4.79 Å². The van der Waals surface area contributed by atoms with Crippen LogP contribution in [0.3, 0.4) is 0 Å². The van der Waals surface area contributed by atoms with Gasteiger partial charge in [-0.2, -0.15) is 0 Å². The van der Waals surface area contributed by atoms with Gasteiger partial charge in [-0.15, -0.1) is 0 Å². The molecule has 1 aromatic carbocycles. The first-order valence-corrected chi connectivity index (χ1v) is 7.19. The van der Waals surface area contributed by atoms with E-state index in [2.05, 4.69) is 10.6 Å². The summed E-state index contributed by atoms with van der Waals surface area (Å²) in [6.45, 7) is 1.51. The van der Waals surface area contributed by atoms with Crippen molar-refractivity contribution in [1.29, 1.82) is 0 Å². The normalized spacial score (nSPS) is 17.3. The maximum Gasteiger partial charge on any atom is 0.242 e. The fraction of sp³-hybridized carbons (Fsp3) is 0.533. The van der Waals surface area contributed by atoms with E-state index in [0.29, 0.717) is 12.1 Å². The third-order valence-corrected chi connectivity index (χ3v) is 3.71. The molecule has 3 nitrogen and oxygen atoms in total. The number of benzene rings is 1. The standard InChI is InChI=1S/C15H19F3N2O/c1-9(15(21)20-11-5-3-2-4-6-11)19-14-12(17)7-10(16)8-13(14)18/h7-9,11,19H,2-6H2,1H3,(H,20,21). The average Bonchev–Trinajstić information content (AvgIpc) is 2.43. The van der Waals surface area contributed by atoms with E-state index < -0.39 is 29.2 Å². The number of carbonyl (C=O) groups excluding carboxylic acids is 1. The van der Waals surface area contributed by atoms with Crippen molar-refractivity contribution in [2.45, 2.75) is 51.1 Å². The van der Waals surface area contributed by atoms with Gasteiger partial charge in [0.05, 0.1) is 0 Å². The first kappa shape index (κ1) is 15.7. The van der Waals surface area contributed by atoms with Gasteiger partial charge in [0.25, 0.3) is 0 Å². The third kappa shape index (κ3) is 4.12. The Morgan fingerprint density at radius 3 is 2.29 bits per heavy atom. The second-order valence-corrected chi connectivity index (χ2v) is 5.45. The first-order valence-electron chi connectivity index (χ1n) is 7.19. The van der Waals surface area contributed by atoms with Crippen LogP contribution in [0.4, 0.5) is 18.9 Å². The summed E-state index contributed by atoms with van der Waals surface area (Å²) in [5.74, 6) is -3.41. The molecule has 0 aromatic heterocycles. The minimum absolute atomic E-state index is 0.124. The maximum atomic E-state index is 13.5. The minimum Gasteiger partial charge on any atom is -0.369 e. The van der Waals surface area contributed by atoms with Gasteiger partial charge in [-0.25, -0.2) is 13.2 Å². The quantitative estimate of drug-likeness (QED) is 0.895. The lowest BCUT2D eigenvalue weighted by molar-refractivity contribution is -0.122. The molecule has 0 radical (unpaired) electrons. The molecule has 0 spiro atoms. The van der Waals surface area contributed by atoms with Crippen molar-refractivity contribution in [1.82, 2.24) is 5.32 Å². The van der Waals surface area contributed by atoms with Crippen molar-refractivity contribution in [3.05, 3.63) is 29.6 Å². The van der Waals surface area contributed by atoms with Crippen LogP contribution in [0.1, 0.15) is 39.0 Å². The molecule has 1 saturated carbocycles. The van der Waals surface area contributed by atoms with Crippen LogP contribution in [0, 0.1) is 17.5 Å². The van der Waals surface area contributed by atoms with Gasteiger partial charge in [0.2, 0.25) is 5.91 Å². The van der Waals surface area contributed by atoms with Gasteiger partial charge in [0, 0.05) is 18.2 Å². The van der Waals surface area contributed by atoms with Gasteiger partial charge in [0.15, 0.2) is 11.6 Å². The summed E-state index contributed by atoms with van der Waals surface area (Å²) < 4.78 is 39.9. The predicted molar refractivity (Wildman–Crippen MR) is 74.4 cm³/mol. The van der Waals surface area contributed by atoms with Gasteiger partial charge < -0.3 is 10.6 Å². The Hall–Kier alpha value is -1.72. The molecule has 0 heterocycles. The maximum absolute atomic E-state index is 13.5. The van der Waals surface area contributed by atoms with Crippen molar-refractivity contribution in [3.63, 3.8) is 0 Å². The molecule has 2 rings (SSSR count). The highest BCUT2D eigenvalue weighted by molar-refractivity contribution is 5.84. The van der Waals surface area contributed by atoms with E-state index in [1.807, 2.05) is 0 Å². The average molecular weight is 300 g/mol. The molecule has 0 saturated heterocycles. The van der Waals surface area contributed by atoms with E-state index in [-0.39, 0.29) is 11.9 Å². The van der Waals surface area contributed by atoms with Gasteiger partial charge in [-0.05, 0) is 19.8 Å². The Kier molecular flexibility index (Phi) is 5.09. The smallest absolute Gasteiger partial charge is 0.242 e. The van der Waals surface area contributed by atoms with Crippen LogP contribution in [0.15, 0.2) is 12.1 Å². The van der Waals surface area contributed by atoms with Crippen LogP contribution in [-0.4, -0.2) is 18.0 Å². The molecule has 2 N–H and O–H groups in total. The van der Waals surface area contributed by atoms with Crippen LogP contribution < -0.4 is 10.6 Å². The number of hydrogen-bond acceptors (Lipinski definition) is 2. The molecule has 1 aliphatic rings. The lowest BCUT2D eigenvalue weighted by Crippen LogP contribution is -2.44. The van der Waals surface area contributed by atoms with E-state index in [1.54, 1.807) is 0 Å². The lowest BCUT2D eigenvalue weighted by Gasteiger charge is -2.25. The molecule has 0 aliphatic heterocycles. The van der Waals surface area contributed by atoms with Gasteiger partial charge >= 0.3 is 0 Å². The summed E-state index contributed by atoms with van der Waals surface area (Å²) >= 11 is 0. The second kappa shape index (κ2) is 6.83. The van der Waals surface area contributed by atoms with Crippen molar-refractivity contribution in [2.75, 3.05) is 5.32 Å². The first-order chi connectivity index (χ1) is 9.97. The highest BCUT2D eigenvalue weighted by atomic mass is 19.1. The van der Waals surface area contributed by atoms with Crippen molar-refractivity contribution in [3.8, 4) is 0 Å². The summed E-state index contributed by atoms with van der Waals surface area (Å²) in [7, 11) is 0. The molecular weight excluding hydrogens is 281 g/mol. The predicted octanol–water partition coefficient (Wildman–Crippen LogP) is 3.35. The number of rotatable bonds is 4. The molecule has 116 valence electrons. The molecule has 1 aliphatic carbocycles. The molecule has 21 heavy (non-hydrogen) atoms. The Balaban J connectivity index is 1.97. The van der Waals surface area contributed by atoms with E-state index in [4.69, 9.17) is 0 Å². The summed E-state index contributed by atoms with van der Waals surface area (Å²) in [6.07, 6.45) is 5.18. The molecule has 1 amide bonds. The summed E-state index contributed by atoms with van der Waals surface area (Å²) in [5.41, 5.74) is -0.484. The van der Waals surface area contributed by atoms with Crippen molar-refractivity contribution in [2.24, 2.45) is 0 Å². The van der Waals surface area contributed by atoms with E-state index in [0.717, 1.165) is 25.7 Å². The molecule has 6 heteroatoms. The van der Waals surface area contributed by atoms with Crippen LogP contribution >= 0.6 is 0 Å². The topological polar surface area (TPSA) is 41.1 Å². The molecule has 1 fully saturated rings. The fourth-order valence-corrected chi connectivity index (χ4v) is 2.54. The molecule has 1 aromatic rings. The van der Waals surface area contributed by atoms with Crippen LogP contribution in [0.5, 0.6) is 0 Å². The van der Waals surface area contributed by atoms with Gasteiger partial charge in [0.1, 0.15) is 17.5 Å². The van der Waals surface area contributed by atoms with Crippen LogP contribution in [0.2, 0.25) is 0 Å². The number of hydrogen-bond donors (Lipinski definition) is 2.